The van der Waals surface area contributed by atoms with Gasteiger partial charge in [-0.05, 0) is 24.1 Å². The number of rotatable bonds is 6. The van der Waals surface area contributed by atoms with Gasteiger partial charge in [0.25, 0.3) is 11.8 Å². The minimum atomic E-state index is -0.401. The fraction of sp³-hybridized carbons (Fsp3) is 0.333. The number of nitrogens with zero attached hydrogens (tertiary/aromatic N) is 1. The van der Waals surface area contributed by atoms with Crippen LogP contribution in [0.4, 0.5) is 5.69 Å². The smallest absolute Gasteiger partial charge is 0.277 e. The standard InChI is InChI=1S/C15H18N2O3/c1-2-3-11-4-6-12(7-5-11)16-13-10-14(19)17(8-9-18)15(13)20/h4-7,10,16,18H,2-3,8-9H2,1H3. The summed E-state index contributed by atoms with van der Waals surface area (Å²) in [6.45, 7) is 1.91. The third-order valence-corrected chi connectivity index (χ3v) is 3.10. The minimum Gasteiger partial charge on any atom is -0.395 e. The first-order valence-corrected chi connectivity index (χ1v) is 6.70. The number of hydrogen-bond donors (Lipinski definition) is 2. The zero-order chi connectivity index (χ0) is 14.5. The van der Waals surface area contributed by atoms with Gasteiger partial charge in [-0.1, -0.05) is 25.5 Å². The Kier molecular flexibility index (Phi) is 4.53. The van der Waals surface area contributed by atoms with E-state index in [1.807, 2.05) is 24.3 Å². The Hall–Kier alpha value is -2.14. The molecular weight excluding hydrogens is 256 g/mol. The molecule has 1 aliphatic rings. The second kappa shape index (κ2) is 6.34. The number of β-amino-alcohol motifs (C(OH)–C–C–N with tert-alkyl or cyclic N) is 1. The van der Waals surface area contributed by atoms with E-state index in [2.05, 4.69) is 12.2 Å². The quantitative estimate of drug-likeness (QED) is 0.767. The molecule has 0 fully saturated rings. The second-order valence-electron chi connectivity index (χ2n) is 4.65. The van der Waals surface area contributed by atoms with Crippen LogP contribution in [0, 0.1) is 0 Å². The highest BCUT2D eigenvalue weighted by molar-refractivity contribution is 6.17. The molecule has 0 bridgehead atoms. The van der Waals surface area contributed by atoms with Gasteiger partial charge in [-0.15, -0.1) is 0 Å². The molecule has 1 heterocycles. The Morgan fingerprint density at radius 3 is 2.50 bits per heavy atom. The van der Waals surface area contributed by atoms with Crippen LogP contribution in [0.3, 0.4) is 0 Å². The highest BCUT2D eigenvalue weighted by Crippen LogP contribution is 2.17. The maximum atomic E-state index is 11.9. The molecule has 5 nitrogen and oxygen atoms in total. The average Bonchev–Trinajstić information content (AvgIpc) is 2.69. The van der Waals surface area contributed by atoms with E-state index >= 15 is 0 Å². The largest absolute Gasteiger partial charge is 0.395 e. The van der Waals surface area contributed by atoms with Crippen molar-refractivity contribution in [1.29, 1.82) is 0 Å². The first-order valence-electron chi connectivity index (χ1n) is 6.70. The van der Waals surface area contributed by atoms with Crippen molar-refractivity contribution < 1.29 is 14.7 Å². The Balaban J connectivity index is 2.05. The molecule has 2 N–H and O–H groups in total. The highest BCUT2D eigenvalue weighted by atomic mass is 16.3. The lowest BCUT2D eigenvalue weighted by molar-refractivity contribution is -0.137. The molecule has 2 amide bonds. The van der Waals surface area contributed by atoms with Gasteiger partial charge in [0.05, 0.1) is 13.2 Å². The van der Waals surface area contributed by atoms with E-state index in [4.69, 9.17) is 5.11 Å². The van der Waals surface area contributed by atoms with Crippen LogP contribution in [0.25, 0.3) is 0 Å². The van der Waals surface area contributed by atoms with E-state index in [1.165, 1.54) is 11.6 Å². The molecule has 0 unspecified atom stereocenters. The molecule has 20 heavy (non-hydrogen) atoms. The van der Waals surface area contributed by atoms with Gasteiger partial charge in [-0.3, -0.25) is 14.5 Å². The summed E-state index contributed by atoms with van der Waals surface area (Å²) in [6, 6.07) is 7.77. The summed E-state index contributed by atoms with van der Waals surface area (Å²) < 4.78 is 0. The minimum absolute atomic E-state index is 0.0226. The molecule has 0 spiro atoms. The summed E-state index contributed by atoms with van der Waals surface area (Å²) >= 11 is 0. The number of hydrogen-bond acceptors (Lipinski definition) is 4. The van der Waals surface area contributed by atoms with Crippen LogP contribution in [0.15, 0.2) is 36.0 Å². The number of imide groups is 1. The van der Waals surface area contributed by atoms with Crippen molar-refractivity contribution in [2.45, 2.75) is 19.8 Å². The zero-order valence-corrected chi connectivity index (χ0v) is 11.4. The maximum Gasteiger partial charge on any atom is 0.277 e. The van der Waals surface area contributed by atoms with E-state index in [0.29, 0.717) is 0 Å². The Bertz CT molecular complexity index is 535. The van der Waals surface area contributed by atoms with Crippen LogP contribution in [0.5, 0.6) is 0 Å². The first-order chi connectivity index (χ1) is 9.65. The summed E-state index contributed by atoms with van der Waals surface area (Å²) in [5.74, 6) is -0.796. The zero-order valence-electron chi connectivity index (χ0n) is 11.4. The lowest BCUT2D eigenvalue weighted by Gasteiger charge is -2.13. The fourth-order valence-corrected chi connectivity index (χ4v) is 2.11. The van der Waals surface area contributed by atoms with Crippen molar-refractivity contribution in [1.82, 2.24) is 4.90 Å². The SMILES string of the molecule is CCCc1ccc(NC2=CC(=O)N(CCO)C2=O)cc1. The molecule has 106 valence electrons. The summed E-state index contributed by atoms with van der Waals surface area (Å²) in [5, 5.41) is 11.8. The molecule has 0 atom stereocenters. The van der Waals surface area contributed by atoms with Gasteiger partial charge >= 0.3 is 0 Å². The Morgan fingerprint density at radius 2 is 1.90 bits per heavy atom. The van der Waals surface area contributed by atoms with Crippen molar-refractivity contribution in [3.63, 3.8) is 0 Å². The number of carbonyl (C=O) groups excluding carboxylic acids is 2. The number of aliphatic hydroxyl groups excluding tert-OH is 1. The Labute approximate surface area is 117 Å². The second-order valence-corrected chi connectivity index (χ2v) is 4.65. The molecule has 1 aromatic rings. The van der Waals surface area contributed by atoms with Crippen molar-refractivity contribution in [2.24, 2.45) is 0 Å². The maximum absolute atomic E-state index is 11.9. The molecule has 0 aliphatic carbocycles. The monoisotopic (exact) mass is 274 g/mol. The molecule has 5 heteroatoms. The number of aryl methyl sites for hydroxylation is 1. The number of nitrogens with one attached hydrogen (secondary N) is 1. The van der Waals surface area contributed by atoms with E-state index in [0.717, 1.165) is 23.4 Å². The molecule has 0 saturated carbocycles. The predicted molar refractivity (Wildman–Crippen MR) is 75.9 cm³/mol. The summed E-state index contributed by atoms with van der Waals surface area (Å²) in [6.07, 6.45) is 3.36. The molecule has 1 aliphatic heterocycles. The molecule has 0 radical (unpaired) electrons. The third-order valence-electron chi connectivity index (χ3n) is 3.10. The summed E-state index contributed by atoms with van der Waals surface area (Å²) in [5.41, 5.74) is 2.25. The van der Waals surface area contributed by atoms with Crippen LogP contribution >= 0.6 is 0 Å². The Morgan fingerprint density at radius 1 is 1.20 bits per heavy atom. The number of aliphatic hydroxyl groups is 1. The van der Waals surface area contributed by atoms with Gasteiger partial charge in [0.2, 0.25) is 0 Å². The number of carbonyl (C=O) groups is 2. The topological polar surface area (TPSA) is 69.6 Å². The lowest BCUT2D eigenvalue weighted by Crippen LogP contribution is -2.34. The first kappa shape index (κ1) is 14.3. The highest BCUT2D eigenvalue weighted by Gasteiger charge is 2.30. The normalized spacial score (nSPS) is 14.7. The van der Waals surface area contributed by atoms with Crippen molar-refractivity contribution in [2.75, 3.05) is 18.5 Å². The van der Waals surface area contributed by atoms with Crippen molar-refractivity contribution >= 4 is 17.5 Å². The number of anilines is 1. The predicted octanol–water partition coefficient (Wildman–Crippen LogP) is 1.30. The van der Waals surface area contributed by atoms with E-state index in [1.54, 1.807) is 0 Å². The van der Waals surface area contributed by atoms with Gasteiger partial charge in [-0.25, -0.2) is 0 Å². The van der Waals surface area contributed by atoms with Crippen LogP contribution in [-0.4, -0.2) is 35.0 Å². The van der Waals surface area contributed by atoms with Crippen LogP contribution in [0.1, 0.15) is 18.9 Å². The van der Waals surface area contributed by atoms with Gasteiger partial charge in [-0.2, -0.15) is 0 Å². The van der Waals surface area contributed by atoms with Gasteiger partial charge in [0.1, 0.15) is 5.70 Å². The molecule has 0 saturated heterocycles. The van der Waals surface area contributed by atoms with Gasteiger partial charge in [0, 0.05) is 11.8 Å². The van der Waals surface area contributed by atoms with Crippen molar-refractivity contribution in [3.05, 3.63) is 41.6 Å². The summed E-state index contributed by atoms with van der Waals surface area (Å²) in [4.78, 5) is 24.6. The van der Waals surface area contributed by atoms with Gasteiger partial charge in [0.15, 0.2) is 0 Å². The number of amides is 2. The fourth-order valence-electron chi connectivity index (χ4n) is 2.11. The van der Waals surface area contributed by atoms with E-state index in [9.17, 15) is 9.59 Å². The van der Waals surface area contributed by atoms with Crippen LogP contribution < -0.4 is 5.32 Å². The van der Waals surface area contributed by atoms with Crippen molar-refractivity contribution in [3.8, 4) is 0 Å². The average molecular weight is 274 g/mol. The van der Waals surface area contributed by atoms with Crippen LogP contribution in [0.2, 0.25) is 0 Å². The molecule has 1 aromatic carbocycles. The van der Waals surface area contributed by atoms with E-state index in [-0.39, 0.29) is 18.8 Å². The molecule has 2 rings (SSSR count). The summed E-state index contributed by atoms with van der Waals surface area (Å²) in [7, 11) is 0. The van der Waals surface area contributed by atoms with Gasteiger partial charge < -0.3 is 10.4 Å². The number of benzene rings is 1. The lowest BCUT2D eigenvalue weighted by atomic mass is 10.1. The molecular formula is C15H18N2O3. The van der Waals surface area contributed by atoms with Crippen LogP contribution in [-0.2, 0) is 16.0 Å². The third kappa shape index (κ3) is 3.05. The molecule has 0 aromatic heterocycles. The van der Waals surface area contributed by atoms with E-state index < -0.39 is 11.8 Å².